The van der Waals surface area contributed by atoms with Gasteiger partial charge in [-0.3, -0.25) is 18.8 Å². The van der Waals surface area contributed by atoms with Gasteiger partial charge in [-0.15, -0.1) is 0 Å². The molecule has 4 rings (SSSR count). The van der Waals surface area contributed by atoms with Gasteiger partial charge in [0.05, 0.1) is 12.1 Å². The summed E-state index contributed by atoms with van der Waals surface area (Å²) < 4.78 is 2.92. The molecule has 0 bridgehead atoms. The maximum atomic E-state index is 13.0. The molecule has 1 aliphatic rings. The molecule has 1 aromatic heterocycles. The molecular formula is C21H20ClN3O2. The molecule has 2 aromatic carbocycles. The van der Waals surface area contributed by atoms with E-state index in [1.54, 1.807) is 23.7 Å². The molecule has 3 aromatic rings. The number of nitrogens with zero attached hydrogens (tertiary/aromatic N) is 3. The monoisotopic (exact) mass is 381 g/mol. The fourth-order valence-electron chi connectivity index (χ4n) is 3.59. The smallest absolute Gasteiger partial charge is 0.299 e. The summed E-state index contributed by atoms with van der Waals surface area (Å²) in [4.78, 5) is 28.0. The van der Waals surface area contributed by atoms with Gasteiger partial charge in [-0.2, -0.15) is 0 Å². The highest BCUT2D eigenvalue weighted by Gasteiger charge is 2.26. The van der Waals surface area contributed by atoms with Crippen LogP contribution in [0, 0.1) is 0 Å². The first kappa shape index (κ1) is 17.8. The Hall–Kier alpha value is -2.63. The zero-order valence-electron chi connectivity index (χ0n) is 15.1. The van der Waals surface area contributed by atoms with Crippen molar-refractivity contribution in [3.63, 3.8) is 0 Å². The predicted molar refractivity (Wildman–Crippen MR) is 106 cm³/mol. The molecule has 0 saturated heterocycles. The van der Waals surface area contributed by atoms with Crippen LogP contribution in [0.4, 0.5) is 0 Å². The summed E-state index contributed by atoms with van der Waals surface area (Å²) in [5.74, 6) is 0. The van der Waals surface area contributed by atoms with Crippen LogP contribution in [0.2, 0.25) is 5.02 Å². The van der Waals surface area contributed by atoms with E-state index in [2.05, 4.69) is 17.0 Å². The second-order valence-corrected chi connectivity index (χ2v) is 7.35. The van der Waals surface area contributed by atoms with Crippen molar-refractivity contribution in [2.75, 3.05) is 0 Å². The second-order valence-electron chi connectivity index (χ2n) is 6.92. The van der Waals surface area contributed by atoms with Crippen molar-refractivity contribution in [2.24, 2.45) is 7.05 Å². The number of rotatable bonds is 4. The van der Waals surface area contributed by atoms with Crippen LogP contribution in [-0.2, 0) is 33.2 Å². The quantitative estimate of drug-likeness (QED) is 0.698. The lowest BCUT2D eigenvalue weighted by atomic mass is 10.2. The van der Waals surface area contributed by atoms with E-state index in [0.29, 0.717) is 23.7 Å². The molecule has 2 heterocycles. The van der Waals surface area contributed by atoms with Gasteiger partial charge < -0.3 is 0 Å². The molecule has 138 valence electrons. The minimum absolute atomic E-state index is 0.196. The number of hydrogen-bond acceptors (Lipinski definition) is 3. The third-order valence-electron chi connectivity index (χ3n) is 5.03. The maximum Gasteiger partial charge on any atom is 0.331 e. The highest BCUT2D eigenvalue weighted by molar-refractivity contribution is 6.30. The van der Waals surface area contributed by atoms with Gasteiger partial charge in [0, 0.05) is 37.4 Å². The van der Waals surface area contributed by atoms with Crippen molar-refractivity contribution in [1.29, 1.82) is 0 Å². The molecule has 0 unspecified atom stereocenters. The largest absolute Gasteiger partial charge is 0.331 e. The van der Waals surface area contributed by atoms with Crippen molar-refractivity contribution >= 4 is 11.6 Å². The van der Waals surface area contributed by atoms with E-state index in [0.717, 1.165) is 17.8 Å². The van der Waals surface area contributed by atoms with Gasteiger partial charge in [0.25, 0.3) is 5.56 Å². The fourth-order valence-corrected chi connectivity index (χ4v) is 3.72. The third-order valence-corrected chi connectivity index (χ3v) is 5.28. The molecule has 0 N–H and O–H groups in total. The normalized spacial score (nSPS) is 13.7. The average Bonchev–Trinajstić information content (AvgIpc) is 3.10. The van der Waals surface area contributed by atoms with Gasteiger partial charge >= 0.3 is 5.69 Å². The minimum Gasteiger partial charge on any atom is -0.299 e. The van der Waals surface area contributed by atoms with Crippen molar-refractivity contribution in [2.45, 2.75) is 26.2 Å². The van der Waals surface area contributed by atoms with Crippen LogP contribution in [-0.4, -0.2) is 14.0 Å². The zero-order chi connectivity index (χ0) is 19.0. The van der Waals surface area contributed by atoms with Crippen LogP contribution >= 0.6 is 11.6 Å². The second kappa shape index (κ2) is 7.18. The Morgan fingerprint density at radius 3 is 2.26 bits per heavy atom. The van der Waals surface area contributed by atoms with Gasteiger partial charge in [0.15, 0.2) is 0 Å². The first-order valence-corrected chi connectivity index (χ1v) is 9.23. The Balaban J connectivity index is 1.65. The molecule has 5 nitrogen and oxygen atoms in total. The van der Waals surface area contributed by atoms with E-state index in [-0.39, 0.29) is 17.8 Å². The number of benzene rings is 2. The molecule has 1 aliphatic heterocycles. The summed E-state index contributed by atoms with van der Waals surface area (Å²) in [5, 5.41) is 0.629. The van der Waals surface area contributed by atoms with Gasteiger partial charge in [0.2, 0.25) is 0 Å². The average molecular weight is 382 g/mol. The van der Waals surface area contributed by atoms with E-state index in [9.17, 15) is 9.59 Å². The summed E-state index contributed by atoms with van der Waals surface area (Å²) >= 11 is 5.92. The summed E-state index contributed by atoms with van der Waals surface area (Å²) in [5.41, 5.74) is 3.11. The van der Waals surface area contributed by atoms with Crippen LogP contribution < -0.4 is 11.2 Å². The fraction of sp³-hybridized carbons (Fsp3) is 0.238. The number of halogens is 1. The van der Waals surface area contributed by atoms with Crippen molar-refractivity contribution in [1.82, 2.24) is 14.0 Å². The molecule has 0 fully saturated rings. The third kappa shape index (κ3) is 3.48. The highest BCUT2D eigenvalue weighted by atomic mass is 35.5. The maximum absolute atomic E-state index is 13.0. The SMILES string of the molecule is Cn1c2c(c(=O)n(Cc3ccc(Cl)cc3)c1=O)CN(Cc1ccccc1)C2. The van der Waals surface area contributed by atoms with Crippen molar-refractivity contribution in [3.8, 4) is 0 Å². The van der Waals surface area contributed by atoms with Crippen molar-refractivity contribution in [3.05, 3.63) is 103 Å². The van der Waals surface area contributed by atoms with E-state index in [1.165, 1.54) is 10.1 Å². The minimum atomic E-state index is -0.282. The molecule has 0 spiro atoms. The van der Waals surface area contributed by atoms with E-state index in [1.807, 2.05) is 30.3 Å². The predicted octanol–water partition coefficient (Wildman–Crippen LogP) is 2.76. The summed E-state index contributed by atoms with van der Waals surface area (Å²) in [6.45, 7) is 2.15. The van der Waals surface area contributed by atoms with Crippen LogP contribution in [0.25, 0.3) is 0 Å². The van der Waals surface area contributed by atoms with Gasteiger partial charge in [-0.1, -0.05) is 54.1 Å². The molecule has 0 radical (unpaired) electrons. The summed E-state index contributed by atoms with van der Waals surface area (Å²) in [6.07, 6.45) is 0. The van der Waals surface area contributed by atoms with Gasteiger partial charge in [-0.25, -0.2) is 4.79 Å². The Morgan fingerprint density at radius 2 is 1.56 bits per heavy atom. The van der Waals surface area contributed by atoms with Gasteiger partial charge in [-0.05, 0) is 23.3 Å². The Morgan fingerprint density at radius 1 is 0.889 bits per heavy atom. The molecular weight excluding hydrogens is 362 g/mol. The lowest BCUT2D eigenvalue weighted by Crippen LogP contribution is -2.41. The molecule has 0 amide bonds. The first-order chi connectivity index (χ1) is 13.0. The standard InChI is InChI=1S/C21H20ClN3O2/c1-23-19-14-24(11-15-5-3-2-4-6-15)13-18(19)20(26)25(21(23)27)12-16-7-9-17(22)10-8-16/h2-10H,11-14H2,1H3. The first-order valence-electron chi connectivity index (χ1n) is 8.85. The molecule has 6 heteroatoms. The summed E-state index contributed by atoms with van der Waals surface area (Å²) in [6, 6.07) is 17.3. The number of aromatic nitrogens is 2. The Labute approximate surface area is 162 Å². The van der Waals surface area contributed by atoms with Crippen LogP contribution in [0.15, 0.2) is 64.2 Å². The number of hydrogen-bond donors (Lipinski definition) is 0. The van der Waals surface area contributed by atoms with E-state index in [4.69, 9.17) is 11.6 Å². The van der Waals surface area contributed by atoms with Gasteiger partial charge in [0.1, 0.15) is 0 Å². The Bertz CT molecular complexity index is 1090. The highest BCUT2D eigenvalue weighted by Crippen LogP contribution is 2.20. The number of fused-ring (bicyclic) bond motifs is 1. The molecule has 0 saturated carbocycles. The van der Waals surface area contributed by atoms with E-state index < -0.39 is 0 Å². The van der Waals surface area contributed by atoms with E-state index >= 15 is 0 Å². The van der Waals surface area contributed by atoms with Crippen LogP contribution in [0.1, 0.15) is 22.4 Å². The lowest BCUT2D eigenvalue weighted by Gasteiger charge is -2.14. The zero-order valence-corrected chi connectivity index (χ0v) is 15.8. The Kier molecular flexibility index (Phi) is 4.72. The van der Waals surface area contributed by atoms with Crippen molar-refractivity contribution < 1.29 is 0 Å². The van der Waals surface area contributed by atoms with Crippen LogP contribution in [0.5, 0.6) is 0 Å². The molecule has 0 aliphatic carbocycles. The summed E-state index contributed by atoms with van der Waals surface area (Å²) in [7, 11) is 1.74. The molecule has 27 heavy (non-hydrogen) atoms. The lowest BCUT2D eigenvalue weighted by molar-refractivity contribution is 0.272. The van der Waals surface area contributed by atoms with Crippen LogP contribution in [0.3, 0.4) is 0 Å². The molecule has 0 atom stereocenters. The topological polar surface area (TPSA) is 47.2 Å².